The number of hydrogen-bond acceptors (Lipinski definition) is 5. The van der Waals surface area contributed by atoms with Gasteiger partial charge in [-0.05, 0) is 18.9 Å². The van der Waals surface area contributed by atoms with Gasteiger partial charge in [0.25, 0.3) is 5.91 Å². The van der Waals surface area contributed by atoms with E-state index in [2.05, 4.69) is 5.32 Å². The summed E-state index contributed by atoms with van der Waals surface area (Å²) < 4.78 is 15.8. The summed E-state index contributed by atoms with van der Waals surface area (Å²) in [5.74, 6) is -0.643. The van der Waals surface area contributed by atoms with Crippen molar-refractivity contribution in [3.63, 3.8) is 0 Å². The van der Waals surface area contributed by atoms with Crippen molar-refractivity contribution in [2.24, 2.45) is 5.92 Å². The SMILES string of the molecule is COCc1c(C(=O)OCC(=O)N[C@H](C)C(C)C)oc2ccccc12. The Bertz CT molecular complexity index is 719. The molecule has 0 bridgehead atoms. The van der Waals surface area contributed by atoms with Crippen LogP contribution < -0.4 is 5.32 Å². The summed E-state index contributed by atoms with van der Waals surface area (Å²) in [6.45, 7) is 5.78. The Morgan fingerprint density at radius 2 is 1.92 bits per heavy atom. The number of carbonyl (C=O) groups excluding carboxylic acids is 2. The maximum atomic E-state index is 12.3. The number of amides is 1. The van der Waals surface area contributed by atoms with Crippen molar-refractivity contribution in [2.45, 2.75) is 33.4 Å². The molecule has 2 aromatic rings. The second-order valence-corrected chi connectivity index (χ2v) is 6.02. The number of benzene rings is 1. The average molecular weight is 333 g/mol. The first-order valence-corrected chi connectivity index (χ1v) is 7.89. The molecule has 0 saturated carbocycles. The summed E-state index contributed by atoms with van der Waals surface area (Å²) in [5.41, 5.74) is 1.20. The molecule has 1 atom stereocenters. The van der Waals surface area contributed by atoms with E-state index in [0.29, 0.717) is 17.1 Å². The Balaban J connectivity index is 2.08. The Morgan fingerprint density at radius 3 is 2.58 bits per heavy atom. The summed E-state index contributed by atoms with van der Waals surface area (Å²) in [6.07, 6.45) is 0. The molecule has 0 aliphatic heterocycles. The van der Waals surface area contributed by atoms with Gasteiger partial charge in [-0.2, -0.15) is 0 Å². The van der Waals surface area contributed by atoms with Crippen LogP contribution in [0.5, 0.6) is 0 Å². The molecule has 0 radical (unpaired) electrons. The van der Waals surface area contributed by atoms with Crippen LogP contribution in [0.3, 0.4) is 0 Å². The van der Waals surface area contributed by atoms with E-state index < -0.39 is 5.97 Å². The first-order chi connectivity index (χ1) is 11.4. The Labute approximate surface area is 141 Å². The number of nitrogens with one attached hydrogen (secondary N) is 1. The molecule has 1 N–H and O–H groups in total. The van der Waals surface area contributed by atoms with E-state index in [4.69, 9.17) is 13.9 Å². The van der Waals surface area contributed by atoms with Gasteiger partial charge in [0.1, 0.15) is 5.58 Å². The zero-order valence-electron chi connectivity index (χ0n) is 14.4. The van der Waals surface area contributed by atoms with E-state index in [-0.39, 0.29) is 30.9 Å². The van der Waals surface area contributed by atoms with Crippen LogP contribution >= 0.6 is 0 Å². The van der Waals surface area contributed by atoms with Gasteiger partial charge in [0.2, 0.25) is 5.76 Å². The molecule has 0 fully saturated rings. The molecule has 130 valence electrons. The van der Waals surface area contributed by atoms with Crippen LogP contribution in [0.25, 0.3) is 11.0 Å². The zero-order chi connectivity index (χ0) is 17.7. The van der Waals surface area contributed by atoms with E-state index in [0.717, 1.165) is 5.39 Å². The van der Waals surface area contributed by atoms with Gasteiger partial charge in [-0.15, -0.1) is 0 Å². The number of methoxy groups -OCH3 is 1. The highest BCUT2D eigenvalue weighted by atomic mass is 16.5. The van der Waals surface area contributed by atoms with Crippen molar-refractivity contribution in [2.75, 3.05) is 13.7 Å². The number of hydrogen-bond donors (Lipinski definition) is 1. The second-order valence-electron chi connectivity index (χ2n) is 6.02. The molecular formula is C18H23NO5. The molecular weight excluding hydrogens is 310 g/mol. The van der Waals surface area contributed by atoms with Crippen molar-refractivity contribution in [3.05, 3.63) is 35.6 Å². The Hall–Kier alpha value is -2.34. The van der Waals surface area contributed by atoms with E-state index in [9.17, 15) is 9.59 Å². The van der Waals surface area contributed by atoms with Gasteiger partial charge in [-0.25, -0.2) is 4.79 Å². The molecule has 0 aliphatic rings. The van der Waals surface area contributed by atoms with Crippen LogP contribution in [-0.4, -0.2) is 31.6 Å². The van der Waals surface area contributed by atoms with Crippen molar-refractivity contribution in [3.8, 4) is 0 Å². The number of furan rings is 1. The molecule has 2 rings (SSSR count). The normalized spacial score (nSPS) is 12.4. The van der Waals surface area contributed by atoms with E-state index >= 15 is 0 Å². The molecule has 6 heteroatoms. The summed E-state index contributed by atoms with van der Waals surface area (Å²) in [5, 5.41) is 3.58. The second kappa shape index (κ2) is 7.97. The van der Waals surface area contributed by atoms with Crippen LogP contribution in [0.15, 0.2) is 28.7 Å². The minimum absolute atomic E-state index is 0.00598. The predicted molar refractivity (Wildman–Crippen MR) is 89.7 cm³/mol. The predicted octanol–water partition coefficient (Wildman–Crippen LogP) is 2.90. The van der Waals surface area contributed by atoms with Crippen molar-refractivity contribution in [1.82, 2.24) is 5.32 Å². The highest BCUT2D eigenvalue weighted by Gasteiger charge is 2.22. The van der Waals surface area contributed by atoms with Crippen LogP contribution in [0.1, 0.15) is 36.9 Å². The van der Waals surface area contributed by atoms with Crippen LogP contribution in [0.4, 0.5) is 0 Å². The van der Waals surface area contributed by atoms with E-state index in [1.807, 2.05) is 39.0 Å². The van der Waals surface area contributed by atoms with Crippen molar-refractivity contribution in [1.29, 1.82) is 0 Å². The van der Waals surface area contributed by atoms with Gasteiger partial charge < -0.3 is 19.2 Å². The molecule has 0 unspecified atom stereocenters. The topological polar surface area (TPSA) is 77.8 Å². The molecule has 1 amide bonds. The molecule has 0 saturated heterocycles. The third-order valence-electron chi connectivity index (χ3n) is 3.90. The first kappa shape index (κ1) is 18.0. The Kier molecular flexibility index (Phi) is 5.98. The fourth-order valence-electron chi connectivity index (χ4n) is 2.21. The summed E-state index contributed by atoms with van der Waals surface area (Å²) >= 11 is 0. The first-order valence-electron chi connectivity index (χ1n) is 7.89. The monoisotopic (exact) mass is 333 g/mol. The van der Waals surface area contributed by atoms with Gasteiger partial charge in [-0.1, -0.05) is 32.0 Å². The Morgan fingerprint density at radius 1 is 1.21 bits per heavy atom. The minimum Gasteiger partial charge on any atom is -0.450 e. The zero-order valence-corrected chi connectivity index (χ0v) is 14.4. The summed E-state index contributed by atoms with van der Waals surface area (Å²) in [7, 11) is 1.54. The maximum absolute atomic E-state index is 12.3. The van der Waals surface area contributed by atoms with Gasteiger partial charge in [-0.3, -0.25) is 4.79 Å². The van der Waals surface area contributed by atoms with E-state index in [1.54, 1.807) is 6.07 Å². The number of para-hydroxylation sites is 1. The fourth-order valence-corrected chi connectivity index (χ4v) is 2.21. The minimum atomic E-state index is -0.675. The lowest BCUT2D eigenvalue weighted by molar-refractivity contribution is -0.125. The molecule has 24 heavy (non-hydrogen) atoms. The summed E-state index contributed by atoms with van der Waals surface area (Å²) in [6, 6.07) is 7.29. The lowest BCUT2D eigenvalue weighted by Gasteiger charge is -2.17. The van der Waals surface area contributed by atoms with Crippen LogP contribution in [0.2, 0.25) is 0 Å². The number of rotatable bonds is 7. The van der Waals surface area contributed by atoms with Crippen LogP contribution in [-0.2, 0) is 20.9 Å². The van der Waals surface area contributed by atoms with Gasteiger partial charge in [0, 0.05) is 24.1 Å². The van der Waals surface area contributed by atoms with Crippen LogP contribution in [0, 0.1) is 5.92 Å². The summed E-state index contributed by atoms with van der Waals surface area (Å²) in [4.78, 5) is 24.1. The molecule has 0 spiro atoms. The molecule has 1 heterocycles. The highest BCUT2D eigenvalue weighted by Crippen LogP contribution is 2.27. The van der Waals surface area contributed by atoms with Gasteiger partial charge in [0.15, 0.2) is 6.61 Å². The van der Waals surface area contributed by atoms with Gasteiger partial charge >= 0.3 is 5.97 Å². The standard InChI is InChI=1S/C18H23NO5/c1-11(2)12(3)19-16(20)10-23-18(21)17-14(9-22-4)13-7-5-6-8-15(13)24-17/h5-8,11-12H,9-10H2,1-4H3,(H,19,20)/t12-/m1/s1. The number of esters is 1. The lowest BCUT2D eigenvalue weighted by atomic mass is 10.1. The lowest BCUT2D eigenvalue weighted by Crippen LogP contribution is -2.38. The van der Waals surface area contributed by atoms with Gasteiger partial charge in [0.05, 0.1) is 6.61 Å². The smallest absolute Gasteiger partial charge is 0.375 e. The van der Waals surface area contributed by atoms with Crippen molar-refractivity contribution >= 4 is 22.8 Å². The fraction of sp³-hybridized carbons (Fsp3) is 0.444. The third kappa shape index (κ3) is 4.14. The average Bonchev–Trinajstić information content (AvgIpc) is 2.92. The molecule has 0 aliphatic carbocycles. The van der Waals surface area contributed by atoms with Crippen molar-refractivity contribution < 1.29 is 23.5 Å². The number of ether oxygens (including phenoxy) is 2. The largest absolute Gasteiger partial charge is 0.450 e. The maximum Gasteiger partial charge on any atom is 0.375 e. The highest BCUT2D eigenvalue weighted by molar-refractivity contribution is 5.96. The quantitative estimate of drug-likeness (QED) is 0.788. The molecule has 1 aromatic heterocycles. The molecule has 1 aromatic carbocycles. The number of carbonyl (C=O) groups is 2. The third-order valence-corrected chi connectivity index (χ3v) is 3.90. The number of fused-ring (bicyclic) bond motifs is 1. The van der Waals surface area contributed by atoms with E-state index in [1.165, 1.54) is 7.11 Å². The molecule has 6 nitrogen and oxygen atoms in total.